The summed E-state index contributed by atoms with van der Waals surface area (Å²) in [7, 11) is 0. The number of aliphatic hydroxyl groups is 1. The summed E-state index contributed by atoms with van der Waals surface area (Å²) in [5.41, 5.74) is 4.55. The molecule has 1 aliphatic carbocycles. The van der Waals surface area contributed by atoms with Crippen molar-refractivity contribution in [1.82, 2.24) is 0 Å². The van der Waals surface area contributed by atoms with E-state index in [0.29, 0.717) is 12.8 Å². The maximum absolute atomic E-state index is 10.5. The van der Waals surface area contributed by atoms with Gasteiger partial charge in [-0.25, -0.2) is 0 Å². The van der Waals surface area contributed by atoms with Gasteiger partial charge in [0.15, 0.2) is 0 Å². The number of carboxylic acid groups (broad SMARTS) is 1. The standard InChI is InChI=1S/C8H15NO3/c1-8(12)4-2-3-5(8)6(9)7(10)11/h5-6,12H,2-4,9H2,1H3,(H,10,11). The lowest BCUT2D eigenvalue weighted by molar-refractivity contribution is -0.142. The highest BCUT2D eigenvalue weighted by Gasteiger charge is 2.42. The van der Waals surface area contributed by atoms with Crippen LogP contribution in [0.3, 0.4) is 0 Å². The normalized spacial score (nSPS) is 38.1. The van der Waals surface area contributed by atoms with Crippen molar-refractivity contribution in [2.75, 3.05) is 0 Å². The second kappa shape index (κ2) is 3.03. The van der Waals surface area contributed by atoms with Gasteiger partial charge in [0.2, 0.25) is 0 Å². The van der Waals surface area contributed by atoms with Crippen LogP contribution >= 0.6 is 0 Å². The van der Waals surface area contributed by atoms with Gasteiger partial charge in [-0.05, 0) is 19.8 Å². The number of carboxylic acids is 1. The molecule has 1 aliphatic rings. The molecule has 0 aromatic heterocycles. The first-order valence-electron chi connectivity index (χ1n) is 4.16. The minimum absolute atomic E-state index is 0.296. The molecule has 1 saturated carbocycles. The van der Waals surface area contributed by atoms with E-state index in [9.17, 15) is 9.90 Å². The van der Waals surface area contributed by atoms with Crippen LogP contribution in [-0.4, -0.2) is 27.8 Å². The van der Waals surface area contributed by atoms with Crippen molar-refractivity contribution in [3.8, 4) is 0 Å². The summed E-state index contributed by atoms with van der Waals surface area (Å²) in [6, 6.07) is -0.928. The molecule has 0 aromatic carbocycles. The second-order valence-electron chi connectivity index (χ2n) is 3.72. The topological polar surface area (TPSA) is 83.5 Å². The van der Waals surface area contributed by atoms with Crippen LogP contribution in [0.25, 0.3) is 0 Å². The molecule has 4 nitrogen and oxygen atoms in total. The van der Waals surface area contributed by atoms with Crippen LogP contribution in [0.2, 0.25) is 0 Å². The van der Waals surface area contributed by atoms with E-state index in [1.807, 2.05) is 0 Å². The first-order chi connectivity index (χ1) is 5.45. The molecular formula is C8H15NO3. The smallest absolute Gasteiger partial charge is 0.320 e. The Morgan fingerprint density at radius 1 is 1.75 bits per heavy atom. The SMILES string of the molecule is CC1(O)CCCC1C(N)C(=O)O. The van der Waals surface area contributed by atoms with E-state index < -0.39 is 17.6 Å². The summed E-state index contributed by atoms with van der Waals surface area (Å²) < 4.78 is 0. The Morgan fingerprint density at radius 2 is 2.33 bits per heavy atom. The third-order valence-electron chi connectivity index (χ3n) is 2.72. The molecule has 4 heteroatoms. The lowest BCUT2D eigenvalue weighted by Gasteiger charge is -2.28. The summed E-state index contributed by atoms with van der Waals surface area (Å²) in [4.78, 5) is 10.5. The maximum atomic E-state index is 10.5. The fourth-order valence-electron chi connectivity index (χ4n) is 1.91. The Bertz CT molecular complexity index is 191. The fourth-order valence-corrected chi connectivity index (χ4v) is 1.91. The molecule has 3 atom stereocenters. The van der Waals surface area contributed by atoms with Gasteiger partial charge >= 0.3 is 5.97 Å². The van der Waals surface area contributed by atoms with Gasteiger partial charge in [0.05, 0.1) is 5.60 Å². The number of rotatable bonds is 2. The van der Waals surface area contributed by atoms with Gasteiger partial charge in [0.25, 0.3) is 0 Å². The van der Waals surface area contributed by atoms with Gasteiger partial charge in [-0.15, -0.1) is 0 Å². The molecule has 1 rings (SSSR count). The van der Waals surface area contributed by atoms with Crippen LogP contribution in [0.1, 0.15) is 26.2 Å². The Kier molecular flexibility index (Phi) is 2.39. The van der Waals surface area contributed by atoms with E-state index in [0.717, 1.165) is 6.42 Å². The highest BCUT2D eigenvalue weighted by molar-refractivity contribution is 5.73. The summed E-state index contributed by atoms with van der Waals surface area (Å²) in [5, 5.41) is 18.4. The molecule has 0 radical (unpaired) electrons. The number of hydrogen-bond acceptors (Lipinski definition) is 3. The molecule has 0 saturated heterocycles. The van der Waals surface area contributed by atoms with Gasteiger partial charge in [-0.2, -0.15) is 0 Å². The van der Waals surface area contributed by atoms with Crippen LogP contribution in [0.4, 0.5) is 0 Å². The van der Waals surface area contributed by atoms with Gasteiger partial charge in [-0.1, -0.05) is 6.42 Å². The molecule has 0 heterocycles. The molecule has 0 aromatic rings. The van der Waals surface area contributed by atoms with E-state index in [1.54, 1.807) is 6.92 Å². The highest BCUT2D eigenvalue weighted by atomic mass is 16.4. The van der Waals surface area contributed by atoms with Crippen LogP contribution in [0, 0.1) is 5.92 Å². The van der Waals surface area contributed by atoms with Gasteiger partial charge in [-0.3, -0.25) is 4.79 Å². The quantitative estimate of drug-likeness (QED) is 0.546. The molecule has 0 aliphatic heterocycles. The van der Waals surface area contributed by atoms with Gasteiger partial charge < -0.3 is 15.9 Å². The monoisotopic (exact) mass is 173 g/mol. The van der Waals surface area contributed by atoms with Crippen molar-refractivity contribution in [3.63, 3.8) is 0 Å². The van der Waals surface area contributed by atoms with Crippen molar-refractivity contribution in [3.05, 3.63) is 0 Å². The lowest BCUT2D eigenvalue weighted by atomic mass is 9.87. The van der Waals surface area contributed by atoms with E-state index in [4.69, 9.17) is 10.8 Å². The molecule has 4 N–H and O–H groups in total. The first kappa shape index (κ1) is 9.48. The van der Waals surface area contributed by atoms with Crippen molar-refractivity contribution in [2.45, 2.75) is 37.8 Å². The zero-order valence-electron chi connectivity index (χ0n) is 7.16. The van der Waals surface area contributed by atoms with E-state index in [2.05, 4.69) is 0 Å². The van der Waals surface area contributed by atoms with Crippen molar-refractivity contribution in [2.24, 2.45) is 11.7 Å². The summed E-state index contributed by atoms with van der Waals surface area (Å²) in [6.07, 6.45) is 2.22. The molecule has 0 spiro atoms. The van der Waals surface area contributed by atoms with Crippen LogP contribution in [0.15, 0.2) is 0 Å². The van der Waals surface area contributed by atoms with Crippen LogP contribution in [-0.2, 0) is 4.79 Å². The Balaban J connectivity index is 2.68. The number of hydrogen-bond donors (Lipinski definition) is 3. The molecule has 70 valence electrons. The third-order valence-corrected chi connectivity index (χ3v) is 2.72. The van der Waals surface area contributed by atoms with Crippen LogP contribution < -0.4 is 5.73 Å². The molecule has 3 unspecified atom stereocenters. The molecule has 12 heavy (non-hydrogen) atoms. The Hall–Kier alpha value is -0.610. The molecule has 0 bridgehead atoms. The zero-order valence-corrected chi connectivity index (χ0v) is 7.16. The van der Waals surface area contributed by atoms with Crippen molar-refractivity contribution < 1.29 is 15.0 Å². The Labute approximate surface area is 71.4 Å². The van der Waals surface area contributed by atoms with E-state index >= 15 is 0 Å². The predicted molar refractivity (Wildman–Crippen MR) is 43.6 cm³/mol. The second-order valence-corrected chi connectivity index (χ2v) is 3.72. The van der Waals surface area contributed by atoms with Gasteiger partial charge in [0, 0.05) is 5.92 Å². The third kappa shape index (κ3) is 1.59. The largest absolute Gasteiger partial charge is 0.480 e. The number of carbonyl (C=O) groups is 1. The fraction of sp³-hybridized carbons (Fsp3) is 0.875. The van der Waals surface area contributed by atoms with Crippen molar-refractivity contribution >= 4 is 5.97 Å². The highest BCUT2D eigenvalue weighted by Crippen LogP contribution is 2.36. The predicted octanol–water partition coefficient (Wildman–Crippen LogP) is -0.0506. The Morgan fingerprint density at radius 3 is 2.67 bits per heavy atom. The first-order valence-corrected chi connectivity index (χ1v) is 4.16. The summed E-state index contributed by atoms with van der Waals surface area (Å²) in [5.74, 6) is -1.32. The average Bonchev–Trinajstić information content (AvgIpc) is 2.27. The van der Waals surface area contributed by atoms with E-state index in [1.165, 1.54) is 0 Å². The molecular weight excluding hydrogens is 158 g/mol. The molecule has 1 fully saturated rings. The average molecular weight is 173 g/mol. The van der Waals surface area contributed by atoms with Crippen LogP contribution in [0.5, 0.6) is 0 Å². The number of aliphatic carboxylic acids is 1. The summed E-state index contributed by atoms with van der Waals surface area (Å²) >= 11 is 0. The van der Waals surface area contributed by atoms with Gasteiger partial charge in [0.1, 0.15) is 6.04 Å². The van der Waals surface area contributed by atoms with E-state index in [-0.39, 0.29) is 5.92 Å². The lowest BCUT2D eigenvalue weighted by Crippen LogP contribution is -2.46. The minimum Gasteiger partial charge on any atom is -0.480 e. The maximum Gasteiger partial charge on any atom is 0.320 e. The molecule has 0 amide bonds. The minimum atomic E-state index is -1.03. The van der Waals surface area contributed by atoms with Crippen molar-refractivity contribution in [1.29, 1.82) is 0 Å². The zero-order chi connectivity index (χ0) is 9.35. The number of nitrogens with two attached hydrogens (primary N) is 1. The summed E-state index contributed by atoms with van der Waals surface area (Å²) in [6.45, 7) is 1.66.